The van der Waals surface area contributed by atoms with E-state index in [2.05, 4.69) is 78.0 Å². The molecule has 0 amide bonds. The molecule has 0 N–H and O–H groups in total. The third kappa shape index (κ3) is 2.75. The highest BCUT2D eigenvalue weighted by molar-refractivity contribution is 5.90. The molecule has 2 heteroatoms. The van der Waals surface area contributed by atoms with Crippen LogP contribution in [-0.4, -0.2) is 9.13 Å². The van der Waals surface area contributed by atoms with Gasteiger partial charge < -0.3 is 9.13 Å². The van der Waals surface area contributed by atoms with Gasteiger partial charge >= 0.3 is 0 Å². The van der Waals surface area contributed by atoms with Crippen molar-refractivity contribution in [3.63, 3.8) is 0 Å². The van der Waals surface area contributed by atoms with Gasteiger partial charge in [0.05, 0.1) is 0 Å². The smallest absolute Gasteiger partial charge is 0.0483 e. The average Bonchev–Trinajstić information content (AvgIpc) is 3.46. The molecule has 2 fully saturated rings. The standard InChI is InChI=1S/C32H38N2/c1-33-21-25(23-15-7-9-17-26(23)33)30-31-28(24-16-8-10-18-27(24)34(31)2)29(22-13-5-3-6-14-22)32(30)19-11-4-12-20-32/h7-10,15-18,21-22,29-30H,3-6,11-14,19-20H2,1-2H3/t29-,30-/m0/s1. The summed E-state index contributed by atoms with van der Waals surface area (Å²) in [6.45, 7) is 0. The zero-order valence-corrected chi connectivity index (χ0v) is 20.9. The molecule has 0 unspecified atom stereocenters. The van der Waals surface area contributed by atoms with Gasteiger partial charge in [-0.2, -0.15) is 0 Å². The predicted molar refractivity (Wildman–Crippen MR) is 143 cm³/mol. The number of nitrogens with zero attached hydrogens (tertiary/aromatic N) is 2. The van der Waals surface area contributed by atoms with Gasteiger partial charge in [0.2, 0.25) is 0 Å². The van der Waals surface area contributed by atoms with E-state index < -0.39 is 0 Å². The minimum Gasteiger partial charge on any atom is -0.350 e. The number of aryl methyl sites for hydroxylation is 2. The van der Waals surface area contributed by atoms with Crippen molar-refractivity contribution in [2.45, 2.75) is 76.0 Å². The number of para-hydroxylation sites is 2. The fourth-order valence-corrected chi connectivity index (χ4v) is 8.90. The first-order chi connectivity index (χ1) is 16.7. The predicted octanol–water partition coefficient (Wildman–Crippen LogP) is 8.43. The number of hydrogen-bond acceptors (Lipinski definition) is 0. The Hall–Kier alpha value is -2.48. The van der Waals surface area contributed by atoms with Crippen LogP contribution in [0.1, 0.15) is 92.9 Å². The van der Waals surface area contributed by atoms with Gasteiger partial charge in [0, 0.05) is 53.7 Å². The van der Waals surface area contributed by atoms with Crippen molar-refractivity contribution < 1.29 is 0 Å². The lowest BCUT2D eigenvalue weighted by atomic mass is 9.56. The van der Waals surface area contributed by atoms with Crippen molar-refractivity contribution in [1.29, 1.82) is 0 Å². The molecule has 176 valence electrons. The Bertz CT molecular complexity index is 1360. The molecule has 2 aromatic carbocycles. The molecule has 0 saturated heterocycles. The van der Waals surface area contributed by atoms with E-state index in [-0.39, 0.29) is 0 Å². The van der Waals surface area contributed by atoms with Crippen molar-refractivity contribution in [2.24, 2.45) is 25.4 Å². The van der Waals surface area contributed by atoms with E-state index in [0.29, 0.717) is 17.3 Å². The van der Waals surface area contributed by atoms with Crippen LogP contribution < -0.4 is 0 Å². The lowest BCUT2D eigenvalue weighted by Crippen LogP contribution is -2.37. The topological polar surface area (TPSA) is 9.86 Å². The van der Waals surface area contributed by atoms with Crippen molar-refractivity contribution in [3.8, 4) is 0 Å². The molecule has 2 atom stereocenters. The highest BCUT2D eigenvalue weighted by Gasteiger charge is 2.58. The van der Waals surface area contributed by atoms with E-state index in [0.717, 1.165) is 5.92 Å². The van der Waals surface area contributed by atoms with Gasteiger partial charge in [0.15, 0.2) is 0 Å². The maximum atomic E-state index is 2.61. The van der Waals surface area contributed by atoms with Crippen LogP contribution in [0, 0.1) is 11.3 Å². The van der Waals surface area contributed by atoms with E-state index in [1.165, 1.54) is 80.6 Å². The summed E-state index contributed by atoms with van der Waals surface area (Å²) in [5, 5.41) is 3.02. The van der Waals surface area contributed by atoms with Crippen LogP contribution in [0.3, 0.4) is 0 Å². The van der Waals surface area contributed by atoms with Crippen molar-refractivity contribution in [1.82, 2.24) is 9.13 Å². The molecule has 7 rings (SSSR count). The summed E-state index contributed by atoms with van der Waals surface area (Å²) < 4.78 is 4.99. The van der Waals surface area contributed by atoms with Gasteiger partial charge in [0.25, 0.3) is 0 Å². The third-order valence-corrected chi connectivity index (χ3v) is 10.1. The van der Waals surface area contributed by atoms with Gasteiger partial charge in [-0.15, -0.1) is 0 Å². The molecule has 1 spiro atoms. The molecule has 34 heavy (non-hydrogen) atoms. The molecule has 0 bridgehead atoms. The summed E-state index contributed by atoms with van der Waals surface area (Å²) in [6, 6.07) is 18.4. The minimum absolute atomic E-state index is 0.372. The largest absolute Gasteiger partial charge is 0.350 e. The molecular weight excluding hydrogens is 412 g/mol. The van der Waals surface area contributed by atoms with Gasteiger partial charge in [-0.05, 0) is 66.2 Å². The second kappa shape index (κ2) is 7.77. The third-order valence-electron chi connectivity index (χ3n) is 10.1. The molecule has 3 aliphatic rings. The Morgan fingerprint density at radius 1 is 0.735 bits per heavy atom. The van der Waals surface area contributed by atoms with Crippen LogP contribution in [-0.2, 0) is 14.1 Å². The van der Waals surface area contributed by atoms with E-state index >= 15 is 0 Å². The Kier molecular flexibility index (Phi) is 4.76. The van der Waals surface area contributed by atoms with E-state index in [4.69, 9.17) is 0 Å². The fourth-order valence-electron chi connectivity index (χ4n) is 8.90. The second-order valence-electron chi connectivity index (χ2n) is 11.7. The van der Waals surface area contributed by atoms with Crippen molar-refractivity contribution >= 4 is 21.8 Å². The Labute approximate surface area is 204 Å². The summed E-state index contributed by atoms with van der Waals surface area (Å²) in [6.07, 6.45) is 16.6. The number of hydrogen-bond donors (Lipinski definition) is 0. The molecule has 0 radical (unpaired) electrons. The minimum atomic E-state index is 0.372. The number of fused-ring (bicyclic) bond motifs is 4. The fraction of sp³-hybridized carbons (Fsp3) is 0.500. The average molecular weight is 451 g/mol. The SMILES string of the molecule is Cn1cc([C@H]2c3c(c4ccccc4n3C)[C@H](C3CCCCC3)C23CCCCC3)c2ccccc21. The first-order valence-corrected chi connectivity index (χ1v) is 13.8. The van der Waals surface area contributed by atoms with Gasteiger partial charge in [0.1, 0.15) is 0 Å². The molecule has 2 nitrogen and oxygen atoms in total. The highest BCUT2D eigenvalue weighted by atomic mass is 15.0. The normalized spacial score (nSPS) is 24.9. The summed E-state index contributed by atoms with van der Waals surface area (Å²) >= 11 is 0. The number of rotatable bonds is 2. The van der Waals surface area contributed by atoms with Crippen LogP contribution in [0.5, 0.6) is 0 Å². The second-order valence-corrected chi connectivity index (χ2v) is 11.7. The van der Waals surface area contributed by atoms with Gasteiger partial charge in [-0.3, -0.25) is 0 Å². The maximum absolute atomic E-state index is 2.61. The zero-order valence-electron chi connectivity index (χ0n) is 20.9. The van der Waals surface area contributed by atoms with Crippen LogP contribution in [0.15, 0.2) is 54.7 Å². The number of aromatic nitrogens is 2. The van der Waals surface area contributed by atoms with Crippen molar-refractivity contribution in [3.05, 3.63) is 71.5 Å². The summed E-state index contributed by atoms with van der Waals surface area (Å²) in [7, 11) is 4.61. The monoisotopic (exact) mass is 450 g/mol. The lowest BCUT2D eigenvalue weighted by Gasteiger charge is -2.48. The Morgan fingerprint density at radius 2 is 1.38 bits per heavy atom. The number of benzene rings is 2. The van der Waals surface area contributed by atoms with Crippen molar-refractivity contribution in [2.75, 3.05) is 0 Å². The molecule has 4 aromatic rings. The summed E-state index contributed by atoms with van der Waals surface area (Å²) in [5.74, 6) is 2.05. The van der Waals surface area contributed by atoms with Gasteiger partial charge in [-0.1, -0.05) is 74.9 Å². The van der Waals surface area contributed by atoms with Gasteiger partial charge in [-0.25, -0.2) is 0 Å². The molecule has 2 saturated carbocycles. The highest BCUT2D eigenvalue weighted by Crippen LogP contribution is 2.69. The Morgan fingerprint density at radius 3 is 2.15 bits per heavy atom. The summed E-state index contributed by atoms with van der Waals surface area (Å²) in [4.78, 5) is 0. The molecule has 2 heterocycles. The van der Waals surface area contributed by atoms with Crippen LogP contribution in [0.4, 0.5) is 0 Å². The molecular formula is C32H38N2. The Balaban J connectivity index is 1.56. The van der Waals surface area contributed by atoms with E-state index in [1.807, 2.05) is 0 Å². The van der Waals surface area contributed by atoms with E-state index in [1.54, 1.807) is 22.2 Å². The zero-order chi connectivity index (χ0) is 22.9. The maximum Gasteiger partial charge on any atom is 0.0483 e. The van der Waals surface area contributed by atoms with E-state index in [9.17, 15) is 0 Å². The molecule has 3 aliphatic carbocycles. The molecule has 2 aromatic heterocycles. The van der Waals surface area contributed by atoms with Crippen LogP contribution in [0.25, 0.3) is 21.8 Å². The first-order valence-electron chi connectivity index (χ1n) is 13.8. The quantitative estimate of drug-likeness (QED) is 0.290. The van der Waals surface area contributed by atoms with Crippen LogP contribution >= 0.6 is 0 Å². The first kappa shape index (κ1) is 20.9. The van der Waals surface area contributed by atoms with Crippen LogP contribution in [0.2, 0.25) is 0 Å². The summed E-state index contributed by atoms with van der Waals surface area (Å²) in [5.41, 5.74) is 8.16. The molecule has 0 aliphatic heterocycles. The lowest BCUT2D eigenvalue weighted by molar-refractivity contribution is 0.0885.